The van der Waals surface area contributed by atoms with Crippen molar-refractivity contribution in [1.82, 2.24) is 4.90 Å². The number of hydrogen-bond donors (Lipinski definition) is 3. The lowest BCUT2D eigenvalue weighted by Crippen LogP contribution is -2.28. The highest BCUT2D eigenvalue weighted by molar-refractivity contribution is 5.99. The van der Waals surface area contributed by atoms with Crippen LogP contribution in [0, 0.1) is 5.82 Å². The van der Waals surface area contributed by atoms with Gasteiger partial charge in [0.2, 0.25) is 0 Å². The molecule has 1 saturated heterocycles. The normalized spacial score (nSPS) is 22.9. The van der Waals surface area contributed by atoms with Gasteiger partial charge < -0.3 is 16.8 Å². The van der Waals surface area contributed by atoms with Crippen LogP contribution in [0.1, 0.15) is 29.6 Å². The van der Waals surface area contributed by atoms with Crippen LogP contribution in [0.25, 0.3) is 0 Å². The average Bonchev–Trinajstić information content (AvgIpc) is 3.13. The van der Waals surface area contributed by atoms with Crippen LogP contribution in [0.3, 0.4) is 0 Å². The van der Waals surface area contributed by atoms with Crippen molar-refractivity contribution < 1.29 is 9.18 Å². The van der Waals surface area contributed by atoms with Crippen molar-refractivity contribution in [3.8, 4) is 0 Å². The fraction of sp³-hybridized carbons (Fsp3) is 0.500. The summed E-state index contributed by atoms with van der Waals surface area (Å²) < 4.78 is 13.9. The topological polar surface area (TPSA) is 84.4 Å². The van der Waals surface area contributed by atoms with Gasteiger partial charge in [-0.25, -0.2) is 4.39 Å². The zero-order chi connectivity index (χ0) is 14.3. The third-order valence-electron chi connectivity index (χ3n) is 4.05. The number of carbonyl (C=O) groups excluding carboxylic acids is 1. The highest BCUT2D eigenvalue weighted by Gasteiger charge is 2.34. The lowest BCUT2D eigenvalue weighted by molar-refractivity contribution is 0.100. The third kappa shape index (κ3) is 2.56. The molecular weight excluding hydrogens is 259 g/mol. The zero-order valence-corrected chi connectivity index (χ0v) is 11.2. The van der Waals surface area contributed by atoms with Gasteiger partial charge in [-0.3, -0.25) is 9.69 Å². The molecule has 1 amide bonds. The minimum absolute atomic E-state index is 0.0755. The summed E-state index contributed by atoms with van der Waals surface area (Å²) in [6.07, 6.45) is 3.52. The van der Waals surface area contributed by atoms with E-state index in [1.165, 1.54) is 18.9 Å². The average molecular weight is 278 g/mol. The standard InChI is InChI=1S/C14H19FN4O/c15-11-6-12(16)10(14(17)20)5-13(11)18-8-3-4-19(7-8)9-1-2-9/h5-6,8-9,18H,1-4,7,16H2,(H2,17,20). The molecule has 1 aliphatic heterocycles. The maximum absolute atomic E-state index is 13.9. The van der Waals surface area contributed by atoms with E-state index in [4.69, 9.17) is 11.5 Å². The molecule has 5 N–H and O–H groups in total. The molecule has 5 nitrogen and oxygen atoms in total. The Morgan fingerprint density at radius 3 is 2.75 bits per heavy atom. The predicted molar refractivity (Wildman–Crippen MR) is 76.0 cm³/mol. The molecule has 1 aliphatic carbocycles. The summed E-state index contributed by atoms with van der Waals surface area (Å²) in [5, 5.41) is 3.16. The second-order valence-electron chi connectivity index (χ2n) is 5.64. The van der Waals surface area contributed by atoms with Gasteiger partial charge in [0.1, 0.15) is 5.82 Å². The van der Waals surface area contributed by atoms with E-state index in [0.717, 1.165) is 31.6 Å². The molecule has 0 bridgehead atoms. The summed E-state index contributed by atoms with van der Waals surface area (Å²) in [6.45, 7) is 1.96. The molecule has 1 atom stereocenters. The number of nitrogens with two attached hydrogens (primary N) is 2. The molecule has 20 heavy (non-hydrogen) atoms. The minimum Gasteiger partial charge on any atom is -0.398 e. The number of anilines is 2. The highest BCUT2D eigenvalue weighted by atomic mass is 19.1. The Kier molecular flexibility index (Phi) is 3.25. The Morgan fingerprint density at radius 2 is 2.10 bits per heavy atom. The molecule has 3 rings (SSSR count). The SMILES string of the molecule is NC(=O)c1cc(NC2CCN(C3CC3)C2)c(F)cc1N. The van der Waals surface area contributed by atoms with Crippen molar-refractivity contribution in [1.29, 1.82) is 0 Å². The number of benzene rings is 1. The van der Waals surface area contributed by atoms with E-state index in [1.54, 1.807) is 0 Å². The van der Waals surface area contributed by atoms with Gasteiger partial charge in [0.15, 0.2) is 0 Å². The van der Waals surface area contributed by atoms with E-state index in [-0.39, 0.29) is 17.3 Å². The van der Waals surface area contributed by atoms with Crippen molar-refractivity contribution in [3.05, 3.63) is 23.5 Å². The zero-order valence-electron chi connectivity index (χ0n) is 11.2. The van der Waals surface area contributed by atoms with Crippen LogP contribution in [-0.2, 0) is 0 Å². The van der Waals surface area contributed by atoms with Crippen LogP contribution in [0.15, 0.2) is 12.1 Å². The molecule has 1 heterocycles. The van der Waals surface area contributed by atoms with E-state index in [1.807, 2.05) is 0 Å². The Balaban J connectivity index is 1.73. The number of carbonyl (C=O) groups is 1. The summed E-state index contributed by atoms with van der Waals surface area (Å²) in [4.78, 5) is 13.7. The second-order valence-corrected chi connectivity index (χ2v) is 5.64. The molecule has 2 aliphatic rings. The van der Waals surface area contributed by atoms with Gasteiger partial charge >= 0.3 is 0 Å². The van der Waals surface area contributed by atoms with Gasteiger partial charge in [0, 0.05) is 30.9 Å². The summed E-state index contributed by atoms with van der Waals surface area (Å²) in [5.74, 6) is -1.09. The quantitative estimate of drug-likeness (QED) is 0.721. The Labute approximate surface area is 117 Å². The summed E-state index contributed by atoms with van der Waals surface area (Å²) in [6, 6.07) is 3.48. The fourth-order valence-corrected chi connectivity index (χ4v) is 2.81. The molecule has 1 saturated carbocycles. The number of nitrogen functional groups attached to an aromatic ring is 1. The largest absolute Gasteiger partial charge is 0.398 e. The summed E-state index contributed by atoms with van der Waals surface area (Å²) >= 11 is 0. The first-order chi connectivity index (χ1) is 9.54. The van der Waals surface area contributed by atoms with E-state index in [9.17, 15) is 9.18 Å². The van der Waals surface area contributed by atoms with Gasteiger partial charge in [-0.1, -0.05) is 0 Å². The molecule has 1 aromatic carbocycles. The van der Waals surface area contributed by atoms with E-state index >= 15 is 0 Å². The van der Waals surface area contributed by atoms with Crippen LogP contribution in [0.4, 0.5) is 15.8 Å². The number of amides is 1. The molecule has 6 heteroatoms. The van der Waals surface area contributed by atoms with Gasteiger partial charge in [-0.2, -0.15) is 0 Å². The van der Waals surface area contributed by atoms with E-state index in [2.05, 4.69) is 10.2 Å². The third-order valence-corrected chi connectivity index (χ3v) is 4.05. The molecule has 0 aromatic heterocycles. The van der Waals surface area contributed by atoms with Crippen molar-refractivity contribution in [3.63, 3.8) is 0 Å². The van der Waals surface area contributed by atoms with Crippen molar-refractivity contribution in [2.45, 2.75) is 31.3 Å². The van der Waals surface area contributed by atoms with Crippen molar-refractivity contribution >= 4 is 17.3 Å². The van der Waals surface area contributed by atoms with Gasteiger partial charge in [0.25, 0.3) is 5.91 Å². The number of nitrogens with zero attached hydrogens (tertiary/aromatic N) is 1. The Morgan fingerprint density at radius 1 is 1.35 bits per heavy atom. The molecule has 0 spiro atoms. The minimum atomic E-state index is -0.642. The van der Waals surface area contributed by atoms with Crippen LogP contribution in [-0.4, -0.2) is 36.0 Å². The summed E-state index contributed by atoms with van der Waals surface area (Å²) in [5.41, 5.74) is 11.4. The van der Waals surface area contributed by atoms with Crippen LogP contribution >= 0.6 is 0 Å². The Hall–Kier alpha value is -1.82. The van der Waals surface area contributed by atoms with Crippen LogP contribution < -0.4 is 16.8 Å². The second kappa shape index (κ2) is 4.94. The van der Waals surface area contributed by atoms with E-state index < -0.39 is 11.7 Å². The van der Waals surface area contributed by atoms with Gasteiger partial charge in [-0.05, 0) is 31.4 Å². The van der Waals surface area contributed by atoms with Crippen LogP contribution in [0.2, 0.25) is 0 Å². The van der Waals surface area contributed by atoms with Crippen molar-refractivity contribution in [2.75, 3.05) is 24.1 Å². The van der Waals surface area contributed by atoms with Crippen molar-refractivity contribution in [2.24, 2.45) is 5.73 Å². The lowest BCUT2D eigenvalue weighted by atomic mass is 10.1. The lowest BCUT2D eigenvalue weighted by Gasteiger charge is -2.18. The Bertz CT molecular complexity index is 544. The molecular formula is C14H19FN4O. The molecule has 1 unspecified atom stereocenters. The molecule has 2 fully saturated rings. The summed E-state index contributed by atoms with van der Waals surface area (Å²) in [7, 11) is 0. The number of halogens is 1. The van der Waals surface area contributed by atoms with Crippen LogP contribution in [0.5, 0.6) is 0 Å². The first kappa shape index (κ1) is 13.2. The van der Waals surface area contributed by atoms with Gasteiger partial charge in [-0.15, -0.1) is 0 Å². The first-order valence-corrected chi connectivity index (χ1v) is 6.94. The molecule has 1 aromatic rings. The number of primary amides is 1. The van der Waals surface area contributed by atoms with E-state index in [0.29, 0.717) is 5.69 Å². The number of hydrogen-bond acceptors (Lipinski definition) is 4. The molecule has 0 radical (unpaired) electrons. The number of rotatable bonds is 4. The maximum atomic E-state index is 13.9. The molecule has 108 valence electrons. The monoisotopic (exact) mass is 278 g/mol. The predicted octanol–water partition coefficient (Wildman–Crippen LogP) is 1.16. The maximum Gasteiger partial charge on any atom is 0.250 e. The fourth-order valence-electron chi connectivity index (χ4n) is 2.81. The highest BCUT2D eigenvalue weighted by Crippen LogP contribution is 2.31. The number of nitrogens with one attached hydrogen (secondary N) is 1. The number of likely N-dealkylation sites (tertiary alicyclic amines) is 1. The smallest absolute Gasteiger partial charge is 0.250 e. The first-order valence-electron chi connectivity index (χ1n) is 6.94. The van der Waals surface area contributed by atoms with Gasteiger partial charge in [0.05, 0.1) is 11.3 Å².